The van der Waals surface area contributed by atoms with E-state index in [1.54, 1.807) is 35.1 Å². The van der Waals surface area contributed by atoms with E-state index in [0.29, 0.717) is 37.3 Å². The molecule has 32 heavy (non-hydrogen) atoms. The number of nitrogens with one attached hydrogen (secondary N) is 1. The van der Waals surface area contributed by atoms with Crippen molar-refractivity contribution >= 4 is 21.7 Å². The van der Waals surface area contributed by atoms with Gasteiger partial charge in [0.05, 0.1) is 11.4 Å². The second-order valence-corrected chi connectivity index (χ2v) is 10.6. The summed E-state index contributed by atoms with van der Waals surface area (Å²) in [5, 5.41) is 7.15. The maximum Gasteiger partial charge on any atom is 0.256 e. The van der Waals surface area contributed by atoms with Crippen molar-refractivity contribution in [2.24, 2.45) is 11.8 Å². The van der Waals surface area contributed by atoms with Gasteiger partial charge in [-0.1, -0.05) is 50.2 Å². The highest BCUT2D eigenvalue weighted by Crippen LogP contribution is 2.27. The summed E-state index contributed by atoms with van der Waals surface area (Å²) in [7, 11) is -3.65. The zero-order chi connectivity index (χ0) is 22.7. The van der Waals surface area contributed by atoms with E-state index < -0.39 is 15.9 Å². The van der Waals surface area contributed by atoms with Crippen LogP contribution in [-0.4, -0.2) is 41.5 Å². The van der Waals surface area contributed by atoms with E-state index in [2.05, 4.69) is 24.3 Å². The molecule has 0 radical (unpaired) electrons. The molecule has 2 unspecified atom stereocenters. The van der Waals surface area contributed by atoms with Crippen molar-refractivity contribution in [1.29, 1.82) is 0 Å². The van der Waals surface area contributed by atoms with Crippen molar-refractivity contribution in [3.63, 3.8) is 0 Å². The van der Waals surface area contributed by atoms with Gasteiger partial charge in [-0.25, -0.2) is 8.42 Å². The van der Waals surface area contributed by atoms with Crippen molar-refractivity contribution in [1.82, 2.24) is 14.1 Å². The minimum absolute atomic E-state index is 0.140. The summed E-state index contributed by atoms with van der Waals surface area (Å²) in [5.41, 5.74) is 1.38. The van der Waals surface area contributed by atoms with Crippen molar-refractivity contribution in [2.75, 3.05) is 18.4 Å². The first-order chi connectivity index (χ1) is 15.3. The molecular weight excluding hydrogens is 424 g/mol. The number of carbonyl (C=O) groups excluding carboxylic acids is 1. The first kappa shape index (κ1) is 22.2. The molecule has 2 atom stereocenters. The van der Waals surface area contributed by atoms with Crippen LogP contribution in [0.1, 0.15) is 36.2 Å². The largest absolute Gasteiger partial charge is 0.305 e. The zero-order valence-electron chi connectivity index (χ0n) is 18.3. The van der Waals surface area contributed by atoms with Crippen LogP contribution in [0.25, 0.3) is 0 Å². The lowest BCUT2D eigenvalue weighted by Gasteiger charge is -2.34. The van der Waals surface area contributed by atoms with E-state index in [9.17, 15) is 13.2 Å². The monoisotopic (exact) mass is 452 g/mol. The number of rotatable bonds is 6. The van der Waals surface area contributed by atoms with E-state index in [4.69, 9.17) is 0 Å². The molecule has 0 saturated carbocycles. The molecule has 0 bridgehead atoms. The van der Waals surface area contributed by atoms with Crippen LogP contribution >= 0.6 is 0 Å². The third-order valence-electron chi connectivity index (χ3n) is 5.64. The van der Waals surface area contributed by atoms with E-state index in [0.717, 1.165) is 12.0 Å². The summed E-state index contributed by atoms with van der Waals surface area (Å²) in [6.07, 6.45) is 2.81. The van der Waals surface area contributed by atoms with Gasteiger partial charge in [0.15, 0.2) is 5.82 Å². The standard InChI is InChI=1S/C24H28N4O3S/c1-18-13-19(2)16-28(15-18)32(30,31)22-10-6-9-21(14-22)24(29)25-23-11-12-27(26-23)17-20-7-4-3-5-8-20/h3-12,14,18-19H,13,15-17H2,1-2H3,(H,25,26,29). The average molecular weight is 453 g/mol. The Kier molecular flexibility index (Phi) is 6.43. The van der Waals surface area contributed by atoms with Gasteiger partial charge < -0.3 is 5.32 Å². The van der Waals surface area contributed by atoms with Gasteiger partial charge in [-0.3, -0.25) is 9.48 Å². The fourth-order valence-electron chi connectivity index (χ4n) is 4.22. The summed E-state index contributed by atoms with van der Waals surface area (Å²) in [6.45, 7) is 5.74. The second kappa shape index (κ2) is 9.26. The average Bonchev–Trinajstić information content (AvgIpc) is 3.20. The molecule has 168 valence electrons. The number of aromatic nitrogens is 2. The highest BCUT2D eigenvalue weighted by atomic mass is 32.2. The Morgan fingerprint density at radius 3 is 2.47 bits per heavy atom. The molecule has 2 heterocycles. The molecule has 0 spiro atoms. The van der Waals surface area contributed by atoms with Crippen LogP contribution < -0.4 is 5.32 Å². The Balaban J connectivity index is 1.47. The number of benzene rings is 2. The number of piperidine rings is 1. The Hall–Kier alpha value is -2.97. The summed E-state index contributed by atoms with van der Waals surface area (Å²) >= 11 is 0. The van der Waals surface area contributed by atoms with Crippen LogP contribution in [-0.2, 0) is 16.6 Å². The molecule has 4 rings (SSSR count). The molecule has 7 nitrogen and oxygen atoms in total. The van der Waals surface area contributed by atoms with Gasteiger partial charge in [-0.05, 0) is 42.0 Å². The smallest absolute Gasteiger partial charge is 0.256 e. The van der Waals surface area contributed by atoms with Gasteiger partial charge in [0, 0.05) is 30.9 Å². The van der Waals surface area contributed by atoms with Gasteiger partial charge in [0.2, 0.25) is 10.0 Å². The Labute approximate surface area is 189 Å². The van der Waals surface area contributed by atoms with E-state index >= 15 is 0 Å². The molecule has 1 amide bonds. The number of carbonyl (C=O) groups is 1. The number of hydrogen-bond donors (Lipinski definition) is 1. The Morgan fingerprint density at radius 1 is 1.03 bits per heavy atom. The molecule has 1 saturated heterocycles. The Bertz CT molecular complexity index is 1180. The van der Waals surface area contributed by atoms with Crippen molar-refractivity contribution < 1.29 is 13.2 Å². The molecular formula is C24H28N4O3S. The quantitative estimate of drug-likeness (QED) is 0.616. The molecule has 0 aliphatic carbocycles. The van der Waals surface area contributed by atoms with Crippen molar-refractivity contribution in [3.05, 3.63) is 78.0 Å². The van der Waals surface area contributed by atoms with Crippen LogP contribution in [0, 0.1) is 11.8 Å². The van der Waals surface area contributed by atoms with Crippen LogP contribution in [0.4, 0.5) is 5.82 Å². The minimum atomic E-state index is -3.65. The lowest BCUT2D eigenvalue weighted by atomic mass is 9.94. The van der Waals surface area contributed by atoms with Crippen molar-refractivity contribution in [2.45, 2.75) is 31.7 Å². The van der Waals surface area contributed by atoms with Gasteiger partial charge >= 0.3 is 0 Å². The van der Waals surface area contributed by atoms with E-state index in [1.165, 1.54) is 10.4 Å². The lowest BCUT2D eigenvalue weighted by molar-refractivity contribution is 0.102. The maximum absolute atomic E-state index is 13.2. The summed E-state index contributed by atoms with van der Waals surface area (Å²) < 4.78 is 29.6. The van der Waals surface area contributed by atoms with Crippen molar-refractivity contribution in [3.8, 4) is 0 Å². The maximum atomic E-state index is 13.2. The number of amides is 1. The second-order valence-electron chi connectivity index (χ2n) is 8.63. The predicted molar refractivity (Wildman–Crippen MR) is 124 cm³/mol. The predicted octanol–water partition coefficient (Wildman–Crippen LogP) is 3.85. The highest BCUT2D eigenvalue weighted by molar-refractivity contribution is 7.89. The zero-order valence-corrected chi connectivity index (χ0v) is 19.1. The Morgan fingerprint density at radius 2 is 1.75 bits per heavy atom. The fraction of sp³-hybridized carbons (Fsp3) is 0.333. The summed E-state index contributed by atoms with van der Waals surface area (Å²) in [6, 6.07) is 17.8. The van der Waals surface area contributed by atoms with Gasteiger partial charge in [-0.2, -0.15) is 9.40 Å². The molecule has 8 heteroatoms. The minimum Gasteiger partial charge on any atom is -0.305 e. The van der Waals surface area contributed by atoms with Gasteiger partial charge in [0.25, 0.3) is 5.91 Å². The van der Waals surface area contributed by atoms with Gasteiger partial charge in [-0.15, -0.1) is 0 Å². The SMILES string of the molecule is CC1CC(C)CN(S(=O)(=O)c2cccc(C(=O)Nc3ccn(Cc4ccccc4)n3)c2)C1. The first-order valence-corrected chi connectivity index (χ1v) is 12.2. The summed E-state index contributed by atoms with van der Waals surface area (Å²) in [5.74, 6) is 0.641. The molecule has 1 aliphatic rings. The third kappa shape index (κ3) is 5.08. The summed E-state index contributed by atoms with van der Waals surface area (Å²) in [4.78, 5) is 12.9. The molecule has 1 aliphatic heterocycles. The topological polar surface area (TPSA) is 84.3 Å². The van der Waals surface area contributed by atoms with Gasteiger partial charge in [0.1, 0.15) is 0 Å². The van der Waals surface area contributed by atoms with Crippen LogP contribution in [0.2, 0.25) is 0 Å². The molecule has 1 fully saturated rings. The normalized spacial score (nSPS) is 19.6. The first-order valence-electron chi connectivity index (χ1n) is 10.8. The van der Waals surface area contributed by atoms with E-state index in [1.807, 2.05) is 30.3 Å². The van der Waals surface area contributed by atoms with Crippen LogP contribution in [0.3, 0.4) is 0 Å². The molecule has 2 aromatic carbocycles. The lowest BCUT2D eigenvalue weighted by Crippen LogP contribution is -2.42. The highest BCUT2D eigenvalue weighted by Gasteiger charge is 2.32. The van der Waals surface area contributed by atoms with E-state index in [-0.39, 0.29) is 10.5 Å². The molecule has 3 aromatic rings. The number of sulfonamides is 1. The molecule has 1 aromatic heterocycles. The number of anilines is 1. The third-order valence-corrected chi connectivity index (χ3v) is 7.47. The number of hydrogen-bond acceptors (Lipinski definition) is 4. The number of nitrogens with zero attached hydrogens (tertiary/aromatic N) is 3. The van der Waals surface area contributed by atoms with Crippen LogP contribution in [0.5, 0.6) is 0 Å². The fourth-order valence-corrected chi connectivity index (χ4v) is 5.95. The molecule has 1 N–H and O–H groups in total. The van der Waals surface area contributed by atoms with Crippen LogP contribution in [0.15, 0.2) is 71.8 Å².